The SMILES string of the molecule is CCCCCCNC(=O)Oc1cnc2cccc(C)n2c1=O. The maximum atomic E-state index is 12.3. The van der Waals surface area contributed by atoms with Gasteiger partial charge in [-0.05, 0) is 25.5 Å². The normalized spacial score (nSPS) is 10.6. The molecular formula is C16H21N3O3. The minimum absolute atomic E-state index is 0.0714. The molecule has 0 saturated carbocycles. The zero-order valence-corrected chi connectivity index (χ0v) is 13.0. The molecule has 0 fully saturated rings. The highest BCUT2D eigenvalue weighted by molar-refractivity contribution is 5.70. The van der Waals surface area contributed by atoms with Gasteiger partial charge in [0.05, 0.1) is 6.20 Å². The Morgan fingerprint density at radius 3 is 2.91 bits per heavy atom. The van der Waals surface area contributed by atoms with E-state index < -0.39 is 6.09 Å². The molecule has 0 spiro atoms. The fraction of sp³-hybridized carbons (Fsp3) is 0.438. The van der Waals surface area contributed by atoms with Crippen molar-refractivity contribution in [1.82, 2.24) is 14.7 Å². The minimum atomic E-state index is -0.621. The van der Waals surface area contributed by atoms with Gasteiger partial charge in [0.25, 0.3) is 0 Å². The number of hydrogen-bond donors (Lipinski definition) is 1. The van der Waals surface area contributed by atoms with E-state index in [1.165, 1.54) is 10.6 Å². The number of carbonyl (C=O) groups is 1. The molecular weight excluding hydrogens is 282 g/mol. The second kappa shape index (κ2) is 7.59. The van der Waals surface area contributed by atoms with Crippen molar-refractivity contribution in [2.45, 2.75) is 39.5 Å². The maximum Gasteiger partial charge on any atom is 0.412 e. The predicted octanol–water partition coefficient (Wildman–Crippen LogP) is 2.67. The van der Waals surface area contributed by atoms with Crippen LogP contribution >= 0.6 is 0 Å². The highest BCUT2D eigenvalue weighted by Crippen LogP contribution is 2.07. The van der Waals surface area contributed by atoms with Crippen LogP contribution in [0.4, 0.5) is 4.79 Å². The lowest BCUT2D eigenvalue weighted by atomic mass is 10.2. The number of nitrogens with one attached hydrogen (secondary N) is 1. The summed E-state index contributed by atoms with van der Waals surface area (Å²) in [5, 5.41) is 2.64. The number of aryl methyl sites for hydroxylation is 1. The van der Waals surface area contributed by atoms with Gasteiger partial charge in [-0.25, -0.2) is 9.78 Å². The van der Waals surface area contributed by atoms with Crippen molar-refractivity contribution < 1.29 is 9.53 Å². The van der Waals surface area contributed by atoms with E-state index in [0.29, 0.717) is 12.2 Å². The van der Waals surface area contributed by atoms with Crippen molar-refractivity contribution in [3.05, 3.63) is 40.4 Å². The molecule has 0 unspecified atom stereocenters. The molecule has 2 aromatic rings. The van der Waals surface area contributed by atoms with Crippen LogP contribution in [0, 0.1) is 6.92 Å². The Kier molecular flexibility index (Phi) is 5.52. The van der Waals surface area contributed by atoms with Crippen molar-refractivity contribution >= 4 is 11.7 Å². The van der Waals surface area contributed by atoms with Crippen LogP contribution in [0.25, 0.3) is 5.65 Å². The average Bonchev–Trinajstić information content (AvgIpc) is 2.50. The van der Waals surface area contributed by atoms with Crippen LogP contribution in [0.15, 0.2) is 29.2 Å². The van der Waals surface area contributed by atoms with E-state index in [2.05, 4.69) is 17.2 Å². The standard InChI is InChI=1S/C16H21N3O3/c1-3-4-5-6-10-17-16(21)22-13-11-18-14-9-7-8-12(2)19(14)15(13)20/h7-9,11H,3-6,10H2,1-2H3,(H,17,21). The van der Waals surface area contributed by atoms with Gasteiger partial charge in [-0.2, -0.15) is 0 Å². The first-order valence-corrected chi connectivity index (χ1v) is 7.56. The molecule has 0 radical (unpaired) electrons. The first-order chi connectivity index (χ1) is 10.6. The van der Waals surface area contributed by atoms with Gasteiger partial charge in [-0.15, -0.1) is 0 Å². The van der Waals surface area contributed by atoms with E-state index >= 15 is 0 Å². The van der Waals surface area contributed by atoms with Crippen LogP contribution in [0.5, 0.6) is 5.75 Å². The Morgan fingerprint density at radius 2 is 2.14 bits per heavy atom. The van der Waals surface area contributed by atoms with Crippen LogP contribution in [-0.4, -0.2) is 22.0 Å². The zero-order chi connectivity index (χ0) is 15.9. The van der Waals surface area contributed by atoms with Crippen molar-refractivity contribution in [2.24, 2.45) is 0 Å². The number of rotatable bonds is 6. The molecule has 1 N–H and O–H groups in total. The van der Waals surface area contributed by atoms with Crippen molar-refractivity contribution in [3.8, 4) is 5.75 Å². The van der Waals surface area contributed by atoms with Gasteiger partial charge < -0.3 is 10.1 Å². The van der Waals surface area contributed by atoms with Crippen LogP contribution in [0.2, 0.25) is 0 Å². The van der Waals surface area contributed by atoms with E-state index in [1.807, 2.05) is 6.07 Å². The first kappa shape index (κ1) is 16.0. The summed E-state index contributed by atoms with van der Waals surface area (Å²) in [5.74, 6) is -0.0714. The third-order valence-electron chi connectivity index (χ3n) is 3.39. The summed E-state index contributed by atoms with van der Waals surface area (Å²) >= 11 is 0. The van der Waals surface area contributed by atoms with Crippen molar-refractivity contribution in [3.63, 3.8) is 0 Å². The number of hydrogen-bond acceptors (Lipinski definition) is 4. The van der Waals surface area contributed by atoms with E-state index in [0.717, 1.165) is 31.4 Å². The molecule has 22 heavy (non-hydrogen) atoms. The van der Waals surface area contributed by atoms with Crippen LogP contribution in [0.1, 0.15) is 38.3 Å². The quantitative estimate of drug-likeness (QED) is 0.833. The number of unbranched alkanes of at least 4 members (excludes halogenated alkanes) is 3. The van der Waals surface area contributed by atoms with Gasteiger partial charge in [0.2, 0.25) is 5.75 Å². The summed E-state index contributed by atoms with van der Waals surface area (Å²) in [7, 11) is 0. The van der Waals surface area contributed by atoms with Crippen LogP contribution in [0.3, 0.4) is 0 Å². The number of pyridine rings is 1. The minimum Gasteiger partial charge on any atom is -0.403 e. The number of aromatic nitrogens is 2. The molecule has 0 atom stereocenters. The van der Waals surface area contributed by atoms with E-state index in [-0.39, 0.29) is 11.3 Å². The lowest BCUT2D eigenvalue weighted by Crippen LogP contribution is -2.30. The Balaban J connectivity index is 2.03. The fourth-order valence-corrected chi connectivity index (χ4v) is 2.21. The zero-order valence-electron chi connectivity index (χ0n) is 13.0. The lowest BCUT2D eigenvalue weighted by molar-refractivity contribution is 0.199. The molecule has 2 rings (SSSR count). The average molecular weight is 303 g/mol. The molecule has 6 heteroatoms. The molecule has 118 valence electrons. The summed E-state index contributed by atoms with van der Waals surface area (Å²) in [5.41, 5.74) is 0.877. The number of ether oxygens (including phenoxy) is 1. The molecule has 2 aromatic heterocycles. The number of nitrogens with zero attached hydrogens (tertiary/aromatic N) is 2. The topological polar surface area (TPSA) is 72.7 Å². The monoisotopic (exact) mass is 303 g/mol. The number of amides is 1. The van der Waals surface area contributed by atoms with Crippen LogP contribution in [-0.2, 0) is 0 Å². The molecule has 2 heterocycles. The highest BCUT2D eigenvalue weighted by Gasteiger charge is 2.11. The van der Waals surface area contributed by atoms with E-state index in [4.69, 9.17) is 4.74 Å². The molecule has 0 saturated heterocycles. The van der Waals surface area contributed by atoms with Gasteiger partial charge >= 0.3 is 11.7 Å². The molecule has 0 aliphatic rings. The van der Waals surface area contributed by atoms with Crippen molar-refractivity contribution in [2.75, 3.05) is 6.54 Å². The summed E-state index contributed by atoms with van der Waals surface area (Å²) in [6, 6.07) is 5.35. The summed E-state index contributed by atoms with van der Waals surface area (Å²) in [6.45, 7) is 4.47. The second-order valence-corrected chi connectivity index (χ2v) is 5.17. The summed E-state index contributed by atoms with van der Waals surface area (Å²) in [4.78, 5) is 28.2. The highest BCUT2D eigenvalue weighted by atomic mass is 16.6. The summed E-state index contributed by atoms with van der Waals surface area (Å²) in [6.07, 6.45) is 4.92. The molecule has 0 aliphatic carbocycles. The second-order valence-electron chi connectivity index (χ2n) is 5.17. The van der Waals surface area contributed by atoms with Crippen molar-refractivity contribution in [1.29, 1.82) is 0 Å². The Hall–Kier alpha value is -2.37. The third-order valence-corrected chi connectivity index (χ3v) is 3.39. The first-order valence-electron chi connectivity index (χ1n) is 7.56. The van der Waals surface area contributed by atoms with E-state index in [1.54, 1.807) is 19.1 Å². The molecule has 1 amide bonds. The fourth-order valence-electron chi connectivity index (χ4n) is 2.21. The predicted molar refractivity (Wildman–Crippen MR) is 84.4 cm³/mol. The Morgan fingerprint density at radius 1 is 1.32 bits per heavy atom. The third kappa shape index (κ3) is 3.84. The van der Waals surface area contributed by atoms with Gasteiger partial charge in [-0.1, -0.05) is 32.3 Å². The maximum absolute atomic E-state index is 12.3. The lowest BCUT2D eigenvalue weighted by Gasteiger charge is -2.08. The molecule has 0 aromatic carbocycles. The van der Waals surface area contributed by atoms with E-state index in [9.17, 15) is 9.59 Å². The Bertz CT molecular complexity index is 709. The number of fused-ring (bicyclic) bond motifs is 1. The largest absolute Gasteiger partial charge is 0.412 e. The molecule has 6 nitrogen and oxygen atoms in total. The summed E-state index contributed by atoms with van der Waals surface area (Å²) < 4.78 is 6.49. The van der Waals surface area contributed by atoms with Gasteiger partial charge in [0.15, 0.2) is 0 Å². The Labute approximate surface area is 129 Å². The molecule has 0 bridgehead atoms. The smallest absolute Gasteiger partial charge is 0.403 e. The van der Waals surface area contributed by atoms with Gasteiger partial charge in [-0.3, -0.25) is 9.20 Å². The van der Waals surface area contributed by atoms with Crippen LogP contribution < -0.4 is 15.6 Å². The van der Waals surface area contributed by atoms with Gasteiger partial charge in [0, 0.05) is 12.2 Å². The van der Waals surface area contributed by atoms with Gasteiger partial charge in [0.1, 0.15) is 5.65 Å². The molecule has 0 aliphatic heterocycles. The number of carbonyl (C=O) groups excluding carboxylic acids is 1.